The molecule has 0 bridgehead atoms. The first-order valence-electron chi connectivity index (χ1n) is 6.42. The van der Waals surface area contributed by atoms with Gasteiger partial charge in [-0.3, -0.25) is 9.36 Å². The SMILES string of the molecule is CCCNC(C)c1cnn(Cc2cnn(C)c2)c1. The minimum atomic E-state index is 0.354. The molecule has 0 amide bonds. The maximum Gasteiger partial charge on any atom is 0.0690 e. The molecule has 0 aliphatic heterocycles. The molecule has 0 saturated heterocycles. The molecule has 1 unspecified atom stereocenters. The molecule has 5 heteroatoms. The van der Waals surface area contributed by atoms with Gasteiger partial charge in [-0.15, -0.1) is 0 Å². The maximum absolute atomic E-state index is 4.39. The first-order chi connectivity index (χ1) is 8.69. The zero-order chi connectivity index (χ0) is 13.0. The fourth-order valence-electron chi connectivity index (χ4n) is 1.91. The summed E-state index contributed by atoms with van der Waals surface area (Å²) in [6, 6.07) is 0.354. The molecule has 0 aliphatic carbocycles. The molecule has 0 spiro atoms. The molecule has 0 fully saturated rings. The fraction of sp³-hybridized carbons (Fsp3) is 0.538. The van der Waals surface area contributed by atoms with Crippen LogP contribution in [0.15, 0.2) is 24.8 Å². The number of aryl methyl sites for hydroxylation is 1. The van der Waals surface area contributed by atoms with Crippen LogP contribution in [0.4, 0.5) is 0 Å². The van der Waals surface area contributed by atoms with Gasteiger partial charge in [0.25, 0.3) is 0 Å². The second-order valence-electron chi connectivity index (χ2n) is 4.67. The van der Waals surface area contributed by atoms with Crippen molar-refractivity contribution in [1.82, 2.24) is 24.9 Å². The van der Waals surface area contributed by atoms with Crippen LogP contribution in [0.1, 0.15) is 37.4 Å². The summed E-state index contributed by atoms with van der Waals surface area (Å²) in [7, 11) is 1.93. The smallest absolute Gasteiger partial charge is 0.0690 e. The Bertz CT molecular complexity index is 485. The molecule has 0 aliphatic rings. The second-order valence-corrected chi connectivity index (χ2v) is 4.67. The number of aromatic nitrogens is 4. The Labute approximate surface area is 108 Å². The summed E-state index contributed by atoms with van der Waals surface area (Å²) in [5, 5.41) is 12.0. The van der Waals surface area contributed by atoms with Crippen LogP contribution in [0.3, 0.4) is 0 Å². The van der Waals surface area contributed by atoms with Gasteiger partial charge in [-0.05, 0) is 19.9 Å². The summed E-state index contributed by atoms with van der Waals surface area (Å²) < 4.78 is 3.77. The molecule has 1 N–H and O–H groups in total. The third-order valence-electron chi connectivity index (χ3n) is 2.96. The van der Waals surface area contributed by atoms with Crippen LogP contribution in [0.5, 0.6) is 0 Å². The first-order valence-corrected chi connectivity index (χ1v) is 6.42. The monoisotopic (exact) mass is 247 g/mol. The zero-order valence-electron chi connectivity index (χ0n) is 11.3. The highest BCUT2D eigenvalue weighted by atomic mass is 15.3. The number of nitrogens with one attached hydrogen (secondary N) is 1. The van der Waals surface area contributed by atoms with Crippen LogP contribution in [-0.4, -0.2) is 26.1 Å². The van der Waals surface area contributed by atoms with E-state index in [4.69, 9.17) is 0 Å². The highest BCUT2D eigenvalue weighted by Gasteiger charge is 2.07. The molecule has 0 aromatic carbocycles. The standard InChI is InChI=1S/C13H21N5/c1-4-5-14-11(2)13-7-16-18(10-13)9-12-6-15-17(3)8-12/h6-8,10-11,14H,4-5,9H2,1-3H3. The highest BCUT2D eigenvalue weighted by Crippen LogP contribution is 2.11. The van der Waals surface area contributed by atoms with Crippen molar-refractivity contribution in [1.29, 1.82) is 0 Å². The van der Waals surface area contributed by atoms with E-state index in [1.165, 1.54) is 11.1 Å². The summed E-state index contributed by atoms with van der Waals surface area (Å²) in [6.07, 6.45) is 9.07. The average molecular weight is 247 g/mol. The van der Waals surface area contributed by atoms with Crippen LogP contribution in [0.25, 0.3) is 0 Å². The lowest BCUT2D eigenvalue weighted by atomic mass is 10.2. The summed E-state index contributed by atoms with van der Waals surface area (Å²) >= 11 is 0. The van der Waals surface area contributed by atoms with E-state index < -0.39 is 0 Å². The van der Waals surface area contributed by atoms with Crippen molar-refractivity contribution < 1.29 is 0 Å². The van der Waals surface area contributed by atoms with Crippen molar-refractivity contribution in [3.63, 3.8) is 0 Å². The van der Waals surface area contributed by atoms with Gasteiger partial charge in [0.15, 0.2) is 0 Å². The van der Waals surface area contributed by atoms with Gasteiger partial charge < -0.3 is 5.32 Å². The Morgan fingerprint density at radius 2 is 2.11 bits per heavy atom. The van der Waals surface area contributed by atoms with Crippen molar-refractivity contribution >= 4 is 0 Å². The Kier molecular flexibility index (Phi) is 4.15. The molecule has 98 valence electrons. The van der Waals surface area contributed by atoms with Crippen molar-refractivity contribution in [2.45, 2.75) is 32.9 Å². The Morgan fingerprint density at radius 3 is 2.78 bits per heavy atom. The molecule has 2 aromatic rings. The topological polar surface area (TPSA) is 47.7 Å². The Balaban J connectivity index is 1.97. The number of rotatable bonds is 6. The quantitative estimate of drug-likeness (QED) is 0.845. The third-order valence-corrected chi connectivity index (χ3v) is 2.96. The lowest BCUT2D eigenvalue weighted by Crippen LogP contribution is -2.18. The lowest BCUT2D eigenvalue weighted by Gasteiger charge is -2.10. The van der Waals surface area contributed by atoms with Gasteiger partial charge in [0, 0.05) is 36.6 Å². The van der Waals surface area contributed by atoms with E-state index in [9.17, 15) is 0 Å². The largest absolute Gasteiger partial charge is 0.310 e. The molecular formula is C13H21N5. The van der Waals surface area contributed by atoms with Gasteiger partial charge in [-0.25, -0.2) is 0 Å². The van der Waals surface area contributed by atoms with Gasteiger partial charge in [-0.1, -0.05) is 6.92 Å². The summed E-state index contributed by atoms with van der Waals surface area (Å²) in [4.78, 5) is 0. The van der Waals surface area contributed by atoms with E-state index in [2.05, 4.69) is 35.6 Å². The molecule has 2 rings (SSSR count). The van der Waals surface area contributed by atoms with Crippen molar-refractivity contribution in [2.75, 3.05) is 6.54 Å². The zero-order valence-corrected chi connectivity index (χ0v) is 11.3. The van der Waals surface area contributed by atoms with Crippen LogP contribution < -0.4 is 5.32 Å². The number of nitrogens with zero attached hydrogens (tertiary/aromatic N) is 4. The highest BCUT2D eigenvalue weighted by molar-refractivity contribution is 5.11. The lowest BCUT2D eigenvalue weighted by molar-refractivity contribution is 0.569. The van der Waals surface area contributed by atoms with Crippen molar-refractivity contribution in [3.05, 3.63) is 35.9 Å². The third kappa shape index (κ3) is 3.20. The Hall–Kier alpha value is -1.62. The first kappa shape index (κ1) is 12.8. The van der Waals surface area contributed by atoms with E-state index in [0.29, 0.717) is 6.04 Å². The fourth-order valence-corrected chi connectivity index (χ4v) is 1.91. The minimum Gasteiger partial charge on any atom is -0.310 e. The summed E-state index contributed by atoms with van der Waals surface area (Å²) in [5.74, 6) is 0. The van der Waals surface area contributed by atoms with Crippen LogP contribution in [0, 0.1) is 0 Å². The van der Waals surface area contributed by atoms with Gasteiger partial charge in [0.1, 0.15) is 0 Å². The van der Waals surface area contributed by atoms with Gasteiger partial charge in [0.05, 0.1) is 18.9 Å². The normalized spacial score (nSPS) is 12.8. The molecule has 2 aromatic heterocycles. The number of hydrogen-bond donors (Lipinski definition) is 1. The van der Waals surface area contributed by atoms with Crippen LogP contribution >= 0.6 is 0 Å². The molecule has 2 heterocycles. The molecular weight excluding hydrogens is 226 g/mol. The molecule has 18 heavy (non-hydrogen) atoms. The predicted octanol–water partition coefficient (Wildman–Crippen LogP) is 1.73. The number of hydrogen-bond acceptors (Lipinski definition) is 3. The van der Waals surface area contributed by atoms with Crippen molar-refractivity contribution in [2.24, 2.45) is 7.05 Å². The summed E-state index contributed by atoms with van der Waals surface area (Å²) in [5.41, 5.74) is 2.40. The van der Waals surface area contributed by atoms with E-state index in [0.717, 1.165) is 19.5 Å². The molecule has 0 radical (unpaired) electrons. The predicted molar refractivity (Wildman–Crippen MR) is 71.2 cm³/mol. The van der Waals surface area contributed by atoms with E-state index in [1.54, 1.807) is 0 Å². The Morgan fingerprint density at radius 1 is 1.28 bits per heavy atom. The van der Waals surface area contributed by atoms with Gasteiger partial charge in [-0.2, -0.15) is 10.2 Å². The second kappa shape index (κ2) is 5.82. The summed E-state index contributed by atoms with van der Waals surface area (Å²) in [6.45, 7) is 6.15. The average Bonchev–Trinajstić information content (AvgIpc) is 2.96. The maximum atomic E-state index is 4.39. The van der Waals surface area contributed by atoms with Gasteiger partial charge in [0.2, 0.25) is 0 Å². The van der Waals surface area contributed by atoms with Gasteiger partial charge >= 0.3 is 0 Å². The molecule has 0 saturated carbocycles. The minimum absolute atomic E-state index is 0.354. The van der Waals surface area contributed by atoms with Crippen LogP contribution in [0.2, 0.25) is 0 Å². The van der Waals surface area contributed by atoms with E-state index >= 15 is 0 Å². The molecule has 1 atom stereocenters. The van der Waals surface area contributed by atoms with Crippen molar-refractivity contribution in [3.8, 4) is 0 Å². The van der Waals surface area contributed by atoms with E-state index in [1.807, 2.05) is 35.0 Å². The van der Waals surface area contributed by atoms with Crippen LogP contribution in [-0.2, 0) is 13.6 Å². The van der Waals surface area contributed by atoms with E-state index in [-0.39, 0.29) is 0 Å². The molecule has 5 nitrogen and oxygen atoms in total.